The summed E-state index contributed by atoms with van der Waals surface area (Å²) >= 11 is 0. The fourth-order valence-corrected chi connectivity index (χ4v) is 2.56. The van der Waals surface area contributed by atoms with Crippen LogP contribution in [0.5, 0.6) is 0 Å². The molecule has 0 aromatic carbocycles. The summed E-state index contributed by atoms with van der Waals surface area (Å²) in [4.78, 5) is 0. The number of rotatable bonds is 0. The molecule has 55 valence electrons. The summed E-state index contributed by atoms with van der Waals surface area (Å²) in [7, 11) is 2.64. The second-order valence-corrected chi connectivity index (χ2v) is 4.10. The van der Waals surface area contributed by atoms with Crippen molar-refractivity contribution in [2.24, 2.45) is 5.92 Å². The van der Waals surface area contributed by atoms with Gasteiger partial charge in [0.15, 0.2) is 0 Å². The lowest BCUT2D eigenvalue weighted by atomic mass is 9.42. The van der Waals surface area contributed by atoms with Gasteiger partial charge in [0.05, 0.1) is 0 Å². The predicted octanol–water partition coefficient (Wildman–Crippen LogP) is 2.88. The maximum atomic E-state index is 2.64. The van der Waals surface area contributed by atoms with Crippen LogP contribution < -0.4 is 0 Å². The average molecular weight is 135 g/mol. The Bertz CT molecular complexity index is 120. The minimum absolute atomic E-state index is 0.993. The van der Waals surface area contributed by atoms with E-state index in [-0.39, 0.29) is 0 Å². The molecule has 2 bridgehead atoms. The highest BCUT2D eigenvalue weighted by Gasteiger charge is 2.31. The molecule has 3 unspecified atom stereocenters. The molecule has 2 aliphatic heterocycles. The lowest BCUT2D eigenvalue weighted by Crippen LogP contribution is -2.27. The number of hydrogen-bond acceptors (Lipinski definition) is 0. The van der Waals surface area contributed by atoms with E-state index < -0.39 is 0 Å². The largest absolute Gasteiger partial charge is 0.118 e. The van der Waals surface area contributed by atoms with E-state index in [1.165, 1.54) is 32.1 Å². The Labute approximate surface area is 64.6 Å². The minimum atomic E-state index is 0.993. The molecule has 0 aromatic heterocycles. The van der Waals surface area contributed by atoms with Gasteiger partial charge in [0.1, 0.15) is 7.28 Å². The van der Waals surface area contributed by atoms with Gasteiger partial charge in [-0.2, -0.15) is 0 Å². The van der Waals surface area contributed by atoms with Crippen molar-refractivity contribution in [1.82, 2.24) is 0 Å². The van der Waals surface area contributed by atoms with E-state index in [0.717, 1.165) is 17.6 Å². The van der Waals surface area contributed by atoms with Crippen LogP contribution in [0.1, 0.15) is 39.0 Å². The third kappa shape index (κ3) is 1.11. The smallest absolute Gasteiger partial charge is 0.0686 e. The highest BCUT2D eigenvalue weighted by molar-refractivity contribution is 6.40. The van der Waals surface area contributed by atoms with Crippen molar-refractivity contribution in [3.8, 4) is 0 Å². The molecule has 2 heterocycles. The Morgan fingerprint density at radius 2 is 2.00 bits per heavy atom. The lowest BCUT2D eigenvalue weighted by molar-refractivity contribution is 0.363. The zero-order valence-electron chi connectivity index (χ0n) is 6.84. The summed E-state index contributed by atoms with van der Waals surface area (Å²) in [5.41, 5.74) is 0. The van der Waals surface area contributed by atoms with Crippen LogP contribution in [0.3, 0.4) is 0 Å². The topological polar surface area (TPSA) is 0 Å². The summed E-state index contributed by atoms with van der Waals surface area (Å²) in [5.74, 6) is 3.00. The molecule has 1 radical (unpaired) electrons. The second kappa shape index (κ2) is 2.60. The summed E-state index contributed by atoms with van der Waals surface area (Å²) in [5, 5.41) is 0. The van der Waals surface area contributed by atoms with Gasteiger partial charge in [-0.25, -0.2) is 0 Å². The van der Waals surface area contributed by atoms with Crippen LogP contribution in [0, 0.1) is 5.92 Å². The molecule has 0 aliphatic carbocycles. The van der Waals surface area contributed by atoms with Gasteiger partial charge in [-0.05, 0) is 5.92 Å². The Hall–Kier alpha value is 0.0649. The summed E-state index contributed by atoms with van der Waals surface area (Å²) < 4.78 is 0. The summed E-state index contributed by atoms with van der Waals surface area (Å²) in [6.45, 7) is 2.42. The van der Waals surface area contributed by atoms with Gasteiger partial charge in [-0.3, -0.25) is 0 Å². The van der Waals surface area contributed by atoms with E-state index in [2.05, 4.69) is 14.2 Å². The van der Waals surface area contributed by atoms with Crippen LogP contribution in [-0.4, -0.2) is 7.28 Å². The van der Waals surface area contributed by atoms with E-state index >= 15 is 0 Å². The number of hydrogen-bond donors (Lipinski definition) is 0. The van der Waals surface area contributed by atoms with Gasteiger partial charge >= 0.3 is 0 Å². The van der Waals surface area contributed by atoms with Crippen molar-refractivity contribution in [3.63, 3.8) is 0 Å². The van der Waals surface area contributed by atoms with E-state index in [4.69, 9.17) is 0 Å². The SMILES string of the molecule is CC1CCC2[B]C1CCC2. The first-order valence-corrected chi connectivity index (χ1v) is 4.71. The first-order chi connectivity index (χ1) is 4.86. The highest BCUT2D eigenvalue weighted by Crippen LogP contribution is 2.44. The van der Waals surface area contributed by atoms with Crippen LogP contribution in [0.2, 0.25) is 11.6 Å². The number of fused-ring (bicyclic) bond motifs is 2. The Morgan fingerprint density at radius 3 is 2.80 bits per heavy atom. The lowest BCUT2D eigenvalue weighted by Gasteiger charge is -2.37. The molecule has 2 rings (SSSR count). The Balaban J connectivity index is 2.00. The average Bonchev–Trinajstić information content (AvgIpc) is 1.99. The van der Waals surface area contributed by atoms with Gasteiger partial charge in [0.25, 0.3) is 0 Å². The second-order valence-electron chi connectivity index (χ2n) is 4.10. The van der Waals surface area contributed by atoms with Crippen molar-refractivity contribution < 1.29 is 0 Å². The molecule has 10 heavy (non-hydrogen) atoms. The molecule has 0 amide bonds. The molecule has 0 nitrogen and oxygen atoms in total. The molecule has 0 N–H and O–H groups in total. The molecule has 1 heteroatoms. The van der Waals surface area contributed by atoms with Crippen LogP contribution in [0.25, 0.3) is 0 Å². The van der Waals surface area contributed by atoms with Crippen molar-refractivity contribution in [3.05, 3.63) is 0 Å². The molecule has 2 aliphatic rings. The quantitative estimate of drug-likeness (QED) is 0.448. The molecule has 0 aromatic rings. The van der Waals surface area contributed by atoms with Gasteiger partial charge in [0.2, 0.25) is 0 Å². The normalized spacial score (nSPS) is 46.3. The van der Waals surface area contributed by atoms with E-state index in [9.17, 15) is 0 Å². The minimum Gasteiger partial charge on any atom is -0.0686 e. The fraction of sp³-hybridized carbons (Fsp3) is 1.00. The summed E-state index contributed by atoms with van der Waals surface area (Å²) in [6.07, 6.45) is 7.44. The van der Waals surface area contributed by atoms with Gasteiger partial charge in [-0.15, -0.1) is 0 Å². The maximum absolute atomic E-state index is 2.64. The molecular formula is C9H16B. The van der Waals surface area contributed by atoms with Crippen molar-refractivity contribution >= 4 is 7.28 Å². The van der Waals surface area contributed by atoms with E-state index in [0.29, 0.717) is 0 Å². The first-order valence-electron chi connectivity index (χ1n) is 4.71. The first kappa shape index (κ1) is 6.76. The van der Waals surface area contributed by atoms with Gasteiger partial charge in [-0.1, -0.05) is 50.7 Å². The zero-order valence-corrected chi connectivity index (χ0v) is 6.84. The van der Waals surface area contributed by atoms with Crippen LogP contribution in [0.15, 0.2) is 0 Å². The molecule has 0 spiro atoms. The Morgan fingerprint density at radius 1 is 1.10 bits per heavy atom. The monoisotopic (exact) mass is 135 g/mol. The fourth-order valence-electron chi connectivity index (χ4n) is 2.56. The third-order valence-corrected chi connectivity index (χ3v) is 3.36. The third-order valence-electron chi connectivity index (χ3n) is 3.36. The van der Waals surface area contributed by atoms with E-state index in [1.54, 1.807) is 0 Å². The van der Waals surface area contributed by atoms with Crippen LogP contribution in [-0.2, 0) is 0 Å². The Kier molecular flexibility index (Phi) is 1.75. The van der Waals surface area contributed by atoms with Gasteiger partial charge in [0, 0.05) is 0 Å². The van der Waals surface area contributed by atoms with E-state index in [1.807, 2.05) is 0 Å². The molecule has 0 saturated carbocycles. The molecule has 2 saturated heterocycles. The zero-order chi connectivity index (χ0) is 6.97. The van der Waals surface area contributed by atoms with Crippen LogP contribution in [0.4, 0.5) is 0 Å². The highest BCUT2D eigenvalue weighted by atomic mass is 14.3. The predicted molar refractivity (Wildman–Crippen MR) is 45.5 cm³/mol. The van der Waals surface area contributed by atoms with Crippen molar-refractivity contribution in [2.75, 3.05) is 0 Å². The maximum Gasteiger partial charge on any atom is 0.118 e. The summed E-state index contributed by atoms with van der Waals surface area (Å²) in [6, 6.07) is 0. The standard InChI is InChI=1S/C9H16B/c1-7-5-6-8-3-2-4-9(7)10-8/h7-9H,2-6H2,1H3. The molecule has 2 fully saturated rings. The van der Waals surface area contributed by atoms with Crippen LogP contribution >= 0.6 is 0 Å². The van der Waals surface area contributed by atoms with Crippen molar-refractivity contribution in [1.29, 1.82) is 0 Å². The van der Waals surface area contributed by atoms with Gasteiger partial charge < -0.3 is 0 Å². The molecular weight excluding hydrogens is 119 g/mol. The molecule has 3 atom stereocenters. The van der Waals surface area contributed by atoms with Crippen molar-refractivity contribution in [2.45, 2.75) is 50.7 Å².